The number of cyclic esters (lactones) is 1. The van der Waals surface area contributed by atoms with Crippen LogP contribution >= 0.6 is 0 Å². The zero-order chi connectivity index (χ0) is 17.1. The maximum atomic E-state index is 13.8. The third-order valence-electron chi connectivity index (χ3n) is 4.54. The molecule has 3 aliphatic heterocycles. The normalized spacial score (nSPS) is 20.1. The molecule has 0 aromatic heterocycles. The van der Waals surface area contributed by atoms with Crippen LogP contribution in [0.4, 0.5) is 14.5 Å². The summed E-state index contributed by atoms with van der Waals surface area (Å²) in [5, 5.41) is 3.16. The van der Waals surface area contributed by atoms with Crippen molar-refractivity contribution < 1.29 is 27.8 Å². The number of anilines is 1. The molecule has 25 heavy (non-hydrogen) atoms. The van der Waals surface area contributed by atoms with Gasteiger partial charge in [0.05, 0.1) is 11.3 Å². The van der Waals surface area contributed by atoms with Gasteiger partial charge in [-0.25, -0.2) is 13.6 Å². The maximum absolute atomic E-state index is 13.8. The summed E-state index contributed by atoms with van der Waals surface area (Å²) >= 11 is 0. The Kier molecular flexibility index (Phi) is 2.83. The molecule has 0 saturated carbocycles. The van der Waals surface area contributed by atoms with Crippen LogP contribution in [-0.4, -0.2) is 19.4 Å². The lowest BCUT2D eigenvalue weighted by Gasteiger charge is -2.27. The first-order valence-corrected chi connectivity index (χ1v) is 7.67. The second kappa shape index (κ2) is 4.95. The SMILES string of the molecule is O=C1OCC2=C1C(c1cc(F)cc(F)c1)c1cc3c(cc1N2)OCO3. The van der Waals surface area contributed by atoms with E-state index in [2.05, 4.69) is 5.32 Å². The number of benzene rings is 2. The Morgan fingerprint density at radius 2 is 1.68 bits per heavy atom. The molecule has 0 fully saturated rings. The van der Waals surface area contributed by atoms with Crippen LogP contribution in [0.1, 0.15) is 17.0 Å². The standard InChI is InChI=1S/C18H11F2NO4/c19-9-1-8(2-10(20)3-9)16-11-4-14-15(25-7-24-14)5-12(11)21-13-6-23-18(22)17(13)16/h1-5,16,21H,6-7H2. The lowest BCUT2D eigenvalue weighted by molar-refractivity contribution is -0.136. The van der Waals surface area contributed by atoms with Gasteiger partial charge in [0, 0.05) is 23.7 Å². The maximum Gasteiger partial charge on any atom is 0.337 e. The van der Waals surface area contributed by atoms with E-state index in [9.17, 15) is 13.6 Å². The molecule has 0 amide bonds. The van der Waals surface area contributed by atoms with Gasteiger partial charge in [-0.2, -0.15) is 0 Å². The van der Waals surface area contributed by atoms with Crippen LogP contribution in [0.25, 0.3) is 0 Å². The van der Waals surface area contributed by atoms with Crippen molar-refractivity contribution in [2.75, 3.05) is 18.7 Å². The fourth-order valence-electron chi connectivity index (χ4n) is 3.52. The van der Waals surface area contributed by atoms with Crippen LogP contribution in [0.15, 0.2) is 41.6 Å². The molecule has 1 atom stereocenters. The molecular formula is C18H11F2NO4. The van der Waals surface area contributed by atoms with E-state index in [1.54, 1.807) is 12.1 Å². The van der Waals surface area contributed by atoms with Crippen molar-refractivity contribution in [1.82, 2.24) is 0 Å². The summed E-state index contributed by atoms with van der Waals surface area (Å²) in [6, 6.07) is 6.74. The molecule has 3 aliphatic rings. The molecule has 0 radical (unpaired) electrons. The molecule has 0 spiro atoms. The highest BCUT2D eigenvalue weighted by Crippen LogP contribution is 2.48. The van der Waals surface area contributed by atoms with Crippen molar-refractivity contribution >= 4 is 11.7 Å². The van der Waals surface area contributed by atoms with Gasteiger partial charge in [0.1, 0.15) is 18.2 Å². The summed E-state index contributed by atoms with van der Waals surface area (Å²) in [6.45, 7) is 0.197. The highest BCUT2D eigenvalue weighted by molar-refractivity contribution is 5.97. The van der Waals surface area contributed by atoms with Gasteiger partial charge in [-0.1, -0.05) is 0 Å². The summed E-state index contributed by atoms with van der Waals surface area (Å²) < 4.78 is 43.5. The van der Waals surface area contributed by atoms with Gasteiger partial charge in [0.2, 0.25) is 6.79 Å². The highest BCUT2D eigenvalue weighted by Gasteiger charge is 2.39. The van der Waals surface area contributed by atoms with Crippen LogP contribution in [-0.2, 0) is 9.53 Å². The van der Waals surface area contributed by atoms with Gasteiger partial charge in [-0.15, -0.1) is 0 Å². The van der Waals surface area contributed by atoms with E-state index >= 15 is 0 Å². The molecule has 1 unspecified atom stereocenters. The number of hydrogen-bond donors (Lipinski definition) is 1. The van der Waals surface area contributed by atoms with Crippen molar-refractivity contribution in [3.8, 4) is 11.5 Å². The lowest BCUT2D eigenvalue weighted by Crippen LogP contribution is -2.20. The van der Waals surface area contributed by atoms with E-state index in [-0.39, 0.29) is 13.4 Å². The molecule has 2 aromatic carbocycles. The topological polar surface area (TPSA) is 56.8 Å². The third kappa shape index (κ3) is 2.08. The minimum absolute atomic E-state index is 0.0936. The Morgan fingerprint density at radius 1 is 0.960 bits per heavy atom. The van der Waals surface area contributed by atoms with E-state index in [1.807, 2.05) is 0 Å². The molecule has 5 nitrogen and oxygen atoms in total. The van der Waals surface area contributed by atoms with Gasteiger partial charge in [0.15, 0.2) is 11.5 Å². The average molecular weight is 343 g/mol. The largest absolute Gasteiger partial charge is 0.456 e. The highest BCUT2D eigenvalue weighted by atomic mass is 19.1. The molecule has 5 rings (SSSR count). The number of carbonyl (C=O) groups is 1. The number of fused-ring (bicyclic) bond motifs is 2. The van der Waals surface area contributed by atoms with Gasteiger partial charge < -0.3 is 19.5 Å². The minimum atomic E-state index is -0.704. The molecule has 3 heterocycles. The number of halogens is 2. The summed E-state index contributed by atoms with van der Waals surface area (Å²) in [6.07, 6.45) is 0. The summed E-state index contributed by atoms with van der Waals surface area (Å²) in [5.74, 6) is -1.46. The monoisotopic (exact) mass is 343 g/mol. The molecule has 0 saturated heterocycles. The van der Waals surface area contributed by atoms with Crippen LogP contribution in [0.2, 0.25) is 0 Å². The molecule has 0 aliphatic carbocycles. The first kappa shape index (κ1) is 14.3. The molecule has 2 aromatic rings. The summed E-state index contributed by atoms with van der Waals surface area (Å²) in [7, 11) is 0. The van der Waals surface area contributed by atoms with Gasteiger partial charge >= 0.3 is 5.97 Å². The average Bonchev–Trinajstić information content (AvgIpc) is 3.16. The number of rotatable bonds is 1. The van der Waals surface area contributed by atoms with Gasteiger partial charge in [0.25, 0.3) is 0 Å². The zero-order valence-corrected chi connectivity index (χ0v) is 12.8. The quantitative estimate of drug-likeness (QED) is 0.807. The Bertz CT molecular complexity index is 950. The fraction of sp³-hybridized carbons (Fsp3) is 0.167. The minimum Gasteiger partial charge on any atom is -0.456 e. The van der Waals surface area contributed by atoms with Crippen LogP contribution in [0.3, 0.4) is 0 Å². The van der Waals surface area contributed by atoms with Crippen LogP contribution in [0, 0.1) is 11.6 Å². The van der Waals surface area contributed by atoms with Crippen molar-refractivity contribution in [3.05, 3.63) is 64.4 Å². The molecule has 0 bridgehead atoms. The Morgan fingerprint density at radius 3 is 2.44 bits per heavy atom. The third-order valence-corrected chi connectivity index (χ3v) is 4.54. The summed E-state index contributed by atoms with van der Waals surface area (Å²) in [5.41, 5.74) is 2.65. The Hall–Kier alpha value is -3.09. The van der Waals surface area contributed by atoms with Crippen molar-refractivity contribution in [3.63, 3.8) is 0 Å². The van der Waals surface area contributed by atoms with E-state index in [0.29, 0.717) is 39.6 Å². The van der Waals surface area contributed by atoms with E-state index < -0.39 is 23.5 Å². The Labute approximate surface area is 140 Å². The van der Waals surface area contributed by atoms with Crippen LogP contribution in [0.5, 0.6) is 11.5 Å². The van der Waals surface area contributed by atoms with E-state index in [4.69, 9.17) is 14.2 Å². The van der Waals surface area contributed by atoms with E-state index in [1.165, 1.54) is 12.1 Å². The number of nitrogens with one attached hydrogen (secondary N) is 1. The zero-order valence-electron chi connectivity index (χ0n) is 12.8. The van der Waals surface area contributed by atoms with Crippen molar-refractivity contribution in [2.24, 2.45) is 0 Å². The lowest BCUT2D eigenvalue weighted by atomic mass is 9.81. The van der Waals surface area contributed by atoms with Gasteiger partial charge in [-0.05, 0) is 29.3 Å². The molecular weight excluding hydrogens is 332 g/mol. The number of esters is 1. The first-order valence-electron chi connectivity index (χ1n) is 7.67. The second-order valence-corrected chi connectivity index (χ2v) is 6.02. The number of carbonyl (C=O) groups excluding carboxylic acids is 1. The van der Waals surface area contributed by atoms with Gasteiger partial charge in [-0.3, -0.25) is 0 Å². The smallest absolute Gasteiger partial charge is 0.337 e. The molecule has 1 N–H and O–H groups in total. The first-order chi connectivity index (χ1) is 12.1. The predicted molar refractivity (Wildman–Crippen MR) is 82.4 cm³/mol. The predicted octanol–water partition coefficient (Wildman–Crippen LogP) is 3.06. The second-order valence-electron chi connectivity index (χ2n) is 6.02. The van der Waals surface area contributed by atoms with Crippen LogP contribution < -0.4 is 14.8 Å². The summed E-state index contributed by atoms with van der Waals surface area (Å²) in [4.78, 5) is 12.2. The molecule has 126 valence electrons. The van der Waals surface area contributed by atoms with Crippen molar-refractivity contribution in [1.29, 1.82) is 0 Å². The Balaban J connectivity index is 1.75. The van der Waals surface area contributed by atoms with Crippen molar-refractivity contribution in [2.45, 2.75) is 5.92 Å². The fourth-order valence-corrected chi connectivity index (χ4v) is 3.52. The number of ether oxygens (including phenoxy) is 3. The number of hydrogen-bond acceptors (Lipinski definition) is 5. The molecule has 7 heteroatoms. The van der Waals surface area contributed by atoms with E-state index in [0.717, 1.165) is 6.07 Å².